The van der Waals surface area contributed by atoms with Gasteiger partial charge in [-0.1, -0.05) is 48.5 Å². The molecule has 3 aliphatic carbocycles. The number of halogens is 1. The van der Waals surface area contributed by atoms with Crippen molar-refractivity contribution in [1.29, 1.82) is 0 Å². The lowest BCUT2D eigenvalue weighted by molar-refractivity contribution is -0.159. The smallest absolute Gasteiger partial charge is 0.245 e. The molecule has 40 heavy (non-hydrogen) atoms. The first-order chi connectivity index (χ1) is 19.3. The van der Waals surface area contributed by atoms with Gasteiger partial charge in [-0.15, -0.1) is 0 Å². The van der Waals surface area contributed by atoms with E-state index >= 15 is 0 Å². The molecule has 5 aliphatic rings. The molecule has 2 bridgehead atoms. The van der Waals surface area contributed by atoms with Crippen molar-refractivity contribution >= 4 is 29.6 Å². The van der Waals surface area contributed by atoms with Crippen LogP contribution in [0.2, 0.25) is 0 Å². The van der Waals surface area contributed by atoms with E-state index in [9.17, 15) is 18.8 Å². The number of ether oxygens (including phenoxy) is 2. The molecule has 3 aromatic carbocycles. The molecule has 2 heterocycles. The second kappa shape index (κ2) is 8.90. The Kier molecular flexibility index (Phi) is 5.52. The van der Waals surface area contributed by atoms with Crippen molar-refractivity contribution in [3.8, 4) is 0 Å². The Balaban J connectivity index is 1.35. The van der Waals surface area contributed by atoms with Crippen LogP contribution in [-0.4, -0.2) is 42.9 Å². The van der Waals surface area contributed by atoms with Crippen LogP contribution < -0.4 is 10.3 Å². The van der Waals surface area contributed by atoms with Gasteiger partial charge in [-0.05, 0) is 53.4 Å². The monoisotopic (exact) mass is 539 g/mol. The van der Waals surface area contributed by atoms with Gasteiger partial charge in [-0.25, -0.2) is 14.7 Å². The summed E-state index contributed by atoms with van der Waals surface area (Å²) in [6.45, 7) is 2.53. The van der Waals surface area contributed by atoms with E-state index in [1.54, 1.807) is 13.1 Å². The van der Waals surface area contributed by atoms with Crippen molar-refractivity contribution in [3.05, 3.63) is 101 Å². The number of nitrogens with zero attached hydrogens (tertiary/aromatic N) is 2. The lowest BCUT2D eigenvalue weighted by atomic mass is 9.47. The van der Waals surface area contributed by atoms with Crippen LogP contribution in [0.15, 0.2) is 77.9 Å². The van der Waals surface area contributed by atoms with E-state index in [4.69, 9.17) is 9.47 Å². The van der Waals surface area contributed by atoms with Gasteiger partial charge in [0.2, 0.25) is 17.7 Å². The van der Waals surface area contributed by atoms with E-state index in [1.807, 2.05) is 48.5 Å². The van der Waals surface area contributed by atoms with Crippen LogP contribution in [0, 0.1) is 17.7 Å². The number of carbonyl (C=O) groups excluding carboxylic acids is 3. The summed E-state index contributed by atoms with van der Waals surface area (Å²) in [7, 11) is 0. The molecular formula is C31H26FN3O5. The molecule has 3 amide bonds. The van der Waals surface area contributed by atoms with Gasteiger partial charge in [0.1, 0.15) is 5.82 Å². The van der Waals surface area contributed by atoms with Crippen molar-refractivity contribution < 1.29 is 28.2 Å². The highest BCUT2D eigenvalue weighted by Gasteiger charge is 2.68. The molecule has 8 nitrogen and oxygen atoms in total. The Morgan fingerprint density at radius 1 is 0.975 bits per heavy atom. The first-order valence-electron chi connectivity index (χ1n) is 13.3. The average molecular weight is 540 g/mol. The number of carbonyl (C=O) groups is 3. The topological polar surface area (TPSA) is 97.3 Å². The Hall–Kier alpha value is -4.21. The van der Waals surface area contributed by atoms with Crippen molar-refractivity contribution in [3.63, 3.8) is 0 Å². The van der Waals surface area contributed by atoms with Crippen molar-refractivity contribution in [1.82, 2.24) is 5.43 Å². The summed E-state index contributed by atoms with van der Waals surface area (Å²) in [5.74, 6) is -4.42. The van der Waals surface area contributed by atoms with Crippen LogP contribution in [0.3, 0.4) is 0 Å². The Labute approximate surface area is 229 Å². The zero-order valence-corrected chi connectivity index (χ0v) is 21.7. The third-order valence-electron chi connectivity index (χ3n) is 8.61. The number of hydrazone groups is 1. The lowest BCUT2D eigenvalue weighted by Gasteiger charge is -2.52. The van der Waals surface area contributed by atoms with Crippen molar-refractivity contribution in [2.24, 2.45) is 16.9 Å². The maximum absolute atomic E-state index is 14.2. The summed E-state index contributed by atoms with van der Waals surface area (Å²) in [4.78, 5) is 42.3. The van der Waals surface area contributed by atoms with Crippen molar-refractivity contribution in [2.75, 3.05) is 18.1 Å². The largest absolute Gasteiger partial charge is 0.347 e. The number of nitrogens with one attached hydrogen (secondary N) is 1. The Morgan fingerprint density at radius 3 is 2.20 bits per heavy atom. The normalized spacial score (nSPS) is 27.6. The zero-order chi connectivity index (χ0) is 27.6. The van der Waals surface area contributed by atoms with E-state index in [-0.39, 0.29) is 24.2 Å². The highest BCUT2D eigenvalue weighted by atomic mass is 19.1. The summed E-state index contributed by atoms with van der Waals surface area (Å²) in [5.41, 5.74) is 5.43. The molecule has 8 rings (SSSR count). The van der Waals surface area contributed by atoms with E-state index in [0.29, 0.717) is 18.9 Å². The van der Waals surface area contributed by atoms with E-state index in [1.165, 1.54) is 29.2 Å². The second-order valence-corrected chi connectivity index (χ2v) is 10.8. The predicted molar refractivity (Wildman–Crippen MR) is 143 cm³/mol. The quantitative estimate of drug-likeness (QED) is 0.304. The Morgan fingerprint density at radius 2 is 1.57 bits per heavy atom. The number of amides is 3. The molecule has 202 valence electrons. The van der Waals surface area contributed by atoms with Crippen LogP contribution >= 0.6 is 0 Å². The minimum atomic E-state index is -1.12. The maximum Gasteiger partial charge on any atom is 0.245 e. The van der Waals surface area contributed by atoms with Crippen molar-refractivity contribution in [2.45, 2.75) is 30.5 Å². The maximum atomic E-state index is 14.2. The van der Waals surface area contributed by atoms with Crippen LogP contribution in [0.4, 0.5) is 10.1 Å². The van der Waals surface area contributed by atoms with E-state index in [2.05, 4.69) is 10.5 Å². The van der Waals surface area contributed by atoms with Gasteiger partial charge < -0.3 is 9.47 Å². The zero-order valence-electron chi connectivity index (χ0n) is 21.7. The van der Waals surface area contributed by atoms with E-state index in [0.717, 1.165) is 22.3 Å². The number of benzene rings is 3. The molecule has 2 saturated heterocycles. The van der Waals surface area contributed by atoms with E-state index < -0.39 is 34.8 Å². The highest BCUT2D eigenvalue weighted by molar-refractivity contribution is 6.25. The fraction of sp³-hybridized carbons (Fsp3) is 0.290. The fourth-order valence-corrected chi connectivity index (χ4v) is 7.09. The summed E-state index contributed by atoms with van der Waals surface area (Å²) in [6, 6.07) is 20.9. The fourth-order valence-electron chi connectivity index (χ4n) is 7.09. The minimum Gasteiger partial charge on any atom is -0.347 e. The summed E-state index contributed by atoms with van der Waals surface area (Å²) in [6.07, 6.45) is 1.56. The average Bonchev–Trinajstić information content (AvgIpc) is 3.50. The van der Waals surface area contributed by atoms with Gasteiger partial charge in [0.15, 0.2) is 5.79 Å². The van der Waals surface area contributed by atoms with Crippen LogP contribution in [-0.2, 0) is 29.3 Å². The summed E-state index contributed by atoms with van der Waals surface area (Å²) in [5, 5.41) is 4.40. The lowest BCUT2D eigenvalue weighted by Crippen LogP contribution is -2.54. The van der Waals surface area contributed by atoms with Gasteiger partial charge >= 0.3 is 0 Å². The molecule has 2 aliphatic heterocycles. The Bertz CT molecular complexity index is 1530. The molecule has 0 radical (unpaired) electrons. The van der Waals surface area contributed by atoms with Crippen LogP contribution in [0.1, 0.15) is 41.5 Å². The molecule has 9 heteroatoms. The molecule has 2 fully saturated rings. The van der Waals surface area contributed by atoms with Gasteiger partial charge in [0.05, 0.1) is 42.6 Å². The highest BCUT2D eigenvalue weighted by Crippen LogP contribution is 2.63. The van der Waals surface area contributed by atoms with Gasteiger partial charge in [0, 0.05) is 12.1 Å². The van der Waals surface area contributed by atoms with Gasteiger partial charge in [-0.2, -0.15) is 5.10 Å². The summed E-state index contributed by atoms with van der Waals surface area (Å²) >= 11 is 0. The first-order valence-corrected chi connectivity index (χ1v) is 13.3. The second-order valence-electron chi connectivity index (χ2n) is 10.8. The SMILES string of the molecule is CC1(CC(=O)N/N=C\C23c4ccccc4C(c4ccccc42)[C@H]2C(=O)N(c4ccc(F)cc4)C(=O)[C@@H]23)OCCO1. The third-order valence-corrected chi connectivity index (χ3v) is 8.61. The third kappa shape index (κ3) is 3.44. The molecule has 0 aromatic heterocycles. The number of hydrogen-bond donors (Lipinski definition) is 1. The van der Waals surface area contributed by atoms with Crippen LogP contribution in [0.5, 0.6) is 0 Å². The molecule has 0 unspecified atom stereocenters. The number of hydrogen-bond acceptors (Lipinski definition) is 6. The predicted octanol–water partition coefficient (Wildman–Crippen LogP) is 3.63. The van der Waals surface area contributed by atoms with Gasteiger partial charge in [-0.3, -0.25) is 14.4 Å². The van der Waals surface area contributed by atoms with Gasteiger partial charge in [0.25, 0.3) is 0 Å². The molecule has 0 spiro atoms. The standard InChI is InChI=1S/C31H26FN3O5/c1-30(39-14-15-40-30)16-24(36)34-33-17-31-22-8-4-2-6-20(22)25(21-7-3-5-9-23(21)31)26-27(31)29(38)35(28(26)37)19-12-10-18(32)11-13-19/h2-13,17,25-27H,14-16H2,1H3,(H,34,36)/b33-17-/t25?,26-,27-,31?/m1/s1. The number of rotatable bonds is 5. The number of imide groups is 1. The minimum absolute atomic E-state index is 0.0472. The first kappa shape index (κ1) is 24.8. The molecule has 0 saturated carbocycles. The molecular weight excluding hydrogens is 513 g/mol. The number of anilines is 1. The molecule has 1 N–H and O–H groups in total. The van der Waals surface area contributed by atoms with Crippen LogP contribution in [0.25, 0.3) is 0 Å². The molecule has 3 aromatic rings. The summed E-state index contributed by atoms with van der Waals surface area (Å²) < 4.78 is 24.8. The molecule has 2 atom stereocenters.